The smallest absolute Gasteiger partial charge is 0.264 e. The van der Waals surface area contributed by atoms with Crippen LogP contribution in [0.2, 0.25) is 0 Å². The number of hydrogen-bond acceptors (Lipinski definition) is 5. The summed E-state index contributed by atoms with van der Waals surface area (Å²) in [5, 5.41) is 3.37. The number of thioether (sulfide) groups is 1. The number of rotatable bonds is 6. The average Bonchev–Trinajstić information content (AvgIpc) is 3.13. The van der Waals surface area contributed by atoms with Crippen molar-refractivity contribution in [2.75, 3.05) is 7.11 Å². The number of benzene rings is 3. The molecule has 0 unspecified atom stereocenters. The monoisotopic (exact) mass is 586 g/mol. The maximum Gasteiger partial charge on any atom is 0.264 e. The molecule has 0 bridgehead atoms. The lowest BCUT2D eigenvalue weighted by atomic mass is 10.2. The van der Waals surface area contributed by atoms with Gasteiger partial charge in [0.05, 0.1) is 17.7 Å². The molecule has 0 spiro atoms. The van der Waals surface area contributed by atoms with Gasteiger partial charge in [0.2, 0.25) is 0 Å². The Morgan fingerprint density at radius 2 is 1.82 bits per heavy atom. The van der Waals surface area contributed by atoms with Gasteiger partial charge in [-0.1, -0.05) is 61.7 Å². The molecule has 0 atom stereocenters. The van der Waals surface area contributed by atoms with Crippen LogP contribution in [0.5, 0.6) is 11.5 Å². The first kappa shape index (κ1) is 23.6. The Morgan fingerprint density at radius 1 is 1.03 bits per heavy atom. The van der Waals surface area contributed by atoms with E-state index in [0.717, 1.165) is 31.3 Å². The Labute approximate surface area is 213 Å². The van der Waals surface area contributed by atoms with Crippen molar-refractivity contribution in [3.8, 4) is 11.5 Å². The summed E-state index contributed by atoms with van der Waals surface area (Å²) in [4.78, 5) is 17.5. The van der Waals surface area contributed by atoms with Crippen LogP contribution in [0.4, 0.5) is 5.69 Å². The van der Waals surface area contributed by atoms with Crippen LogP contribution < -0.4 is 14.8 Å². The summed E-state index contributed by atoms with van der Waals surface area (Å²) in [6.07, 6.45) is 1.81. The zero-order valence-corrected chi connectivity index (χ0v) is 21.9. The highest BCUT2D eigenvalue weighted by molar-refractivity contribution is 9.11. The summed E-state index contributed by atoms with van der Waals surface area (Å²) in [7, 11) is 1.60. The molecule has 0 saturated carbocycles. The number of ether oxygens (including phenoxy) is 2. The fraction of sp³-hybridized carbons (Fsp3) is 0.120. The minimum absolute atomic E-state index is 0.176. The van der Waals surface area contributed by atoms with Crippen molar-refractivity contribution in [3.63, 3.8) is 0 Å². The maximum atomic E-state index is 12.4. The summed E-state index contributed by atoms with van der Waals surface area (Å²) < 4.78 is 13.5. The second-order valence-electron chi connectivity index (χ2n) is 7.25. The largest absolute Gasteiger partial charge is 0.493 e. The number of aliphatic imine (C=N–C) groups is 1. The number of amides is 1. The number of methoxy groups -OCH3 is 1. The Hall–Kier alpha value is -2.55. The van der Waals surface area contributed by atoms with Crippen molar-refractivity contribution < 1.29 is 14.3 Å². The van der Waals surface area contributed by atoms with Crippen LogP contribution in [0.25, 0.3) is 6.08 Å². The molecule has 0 radical (unpaired) electrons. The summed E-state index contributed by atoms with van der Waals surface area (Å²) in [5.41, 5.74) is 3.81. The summed E-state index contributed by atoms with van der Waals surface area (Å²) >= 11 is 8.31. The molecule has 1 heterocycles. The van der Waals surface area contributed by atoms with Crippen molar-refractivity contribution in [2.24, 2.45) is 4.99 Å². The predicted molar refractivity (Wildman–Crippen MR) is 141 cm³/mol. The van der Waals surface area contributed by atoms with E-state index < -0.39 is 0 Å². The number of amidine groups is 1. The number of carbonyl (C=O) groups excluding carboxylic acids is 1. The number of carbonyl (C=O) groups is 1. The molecular weight excluding hydrogens is 568 g/mol. The lowest BCUT2D eigenvalue weighted by Gasteiger charge is -2.12. The molecule has 5 nitrogen and oxygen atoms in total. The quantitative estimate of drug-likeness (QED) is 0.315. The van der Waals surface area contributed by atoms with Gasteiger partial charge in [-0.3, -0.25) is 4.79 Å². The van der Waals surface area contributed by atoms with E-state index in [-0.39, 0.29) is 5.91 Å². The average molecular weight is 588 g/mol. The van der Waals surface area contributed by atoms with Crippen LogP contribution in [-0.2, 0) is 11.4 Å². The number of nitrogens with zero attached hydrogens (tertiary/aromatic N) is 1. The highest BCUT2D eigenvalue weighted by Crippen LogP contribution is 2.33. The summed E-state index contributed by atoms with van der Waals surface area (Å²) in [5.74, 6) is 1.04. The third-order valence-electron chi connectivity index (χ3n) is 4.80. The van der Waals surface area contributed by atoms with E-state index in [1.165, 1.54) is 11.8 Å². The Morgan fingerprint density at radius 3 is 2.55 bits per heavy atom. The molecule has 0 aromatic heterocycles. The van der Waals surface area contributed by atoms with Crippen LogP contribution in [-0.4, -0.2) is 18.2 Å². The van der Waals surface area contributed by atoms with E-state index in [2.05, 4.69) is 42.2 Å². The Kier molecular flexibility index (Phi) is 7.57. The van der Waals surface area contributed by atoms with Gasteiger partial charge < -0.3 is 14.8 Å². The standard InChI is InChI=1S/C25H20Br2N2O3S/c1-15-3-8-19(9-4-15)28-25-29-24(30)23(33-25)12-16-5-10-21(22(11-16)31-2)32-14-17-6-7-18(26)13-20(17)27/h3-13H,14H2,1-2H3,(H,28,29,30)/b23-12-. The second-order valence-corrected chi connectivity index (χ2v) is 10.1. The van der Waals surface area contributed by atoms with E-state index in [1.54, 1.807) is 7.11 Å². The van der Waals surface area contributed by atoms with Gasteiger partial charge in [0, 0.05) is 14.5 Å². The molecule has 1 N–H and O–H groups in total. The van der Waals surface area contributed by atoms with Gasteiger partial charge in [0.15, 0.2) is 16.7 Å². The molecule has 0 aliphatic carbocycles. The Bertz CT molecular complexity index is 1260. The van der Waals surface area contributed by atoms with Crippen LogP contribution >= 0.6 is 43.6 Å². The molecule has 1 aliphatic heterocycles. The number of aryl methyl sites for hydroxylation is 1. The van der Waals surface area contributed by atoms with Gasteiger partial charge in [0.25, 0.3) is 5.91 Å². The van der Waals surface area contributed by atoms with E-state index in [0.29, 0.717) is 28.2 Å². The van der Waals surface area contributed by atoms with Crippen molar-refractivity contribution in [1.82, 2.24) is 5.32 Å². The molecule has 1 amide bonds. The molecule has 3 aromatic carbocycles. The first-order valence-electron chi connectivity index (χ1n) is 10.0. The van der Waals surface area contributed by atoms with Crippen LogP contribution in [0, 0.1) is 6.92 Å². The first-order valence-corrected chi connectivity index (χ1v) is 12.4. The lowest BCUT2D eigenvalue weighted by molar-refractivity contribution is -0.115. The fourth-order valence-corrected chi connectivity index (χ4v) is 5.06. The molecule has 8 heteroatoms. The van der Waals surface area contributed by atoms with E-state index >= 15 is 0 Å². The van der Waals surface area contributed by atoms with E-state index in [9.17, 15) is 4.79 Å². The zero-order chi connectivity index (χ0) is 23.4. The van der Waals surface area contributed by atoms with Crippen molar-refractivity contribution in [3.05, 3.63) is 91.2 Å². The third-order valence-corrected chi connectivity index (χ3v) is 6.94. The number of halogens is 2. The molecule has 4 rings (SSSR count). The molecule has 33 heavy (non-hydrogen) atoms. The van der Waals surface area contributed by atoms with Gasteiger partial charge in [-0.25, -0.2) is 4.99 Å². The zero-order valence-electron chi connectivity index (χ0n) is 17.9. The fourth-order valence-electron chi connectivity index (χ4n) is 3.06. The van der Waals surface area contributed by atoms with Crippen LogP contribution in [0.15, 0.2) is 79.5 Å². The van der Waals surface area contributed by atoms with Gasteiger partial charge in [-0.05, 0) is 66.7 Å². The lowest BCUT2D eigenvalue weighted by Crippen LogP contribution is -2.19. The van der Waals surface area contributed by atoms with Crippen LogP contribution in [0.1, 0.15) is 16.7 Å². The third kappa shape index (κ3) is 6.07. The maximum absolute atomic E-state index is 12.4. The molecule has 1 saturated heterocycles. The van der Waals surface area contributed by atoms with Crippen molar-refractivity contribution in [2.45, 2.75) is 13.5 Å². The second kappa shape index (κ2) is 10.6. The normalized spacial score (nSPS) is 15.7. The molecule has 3 aromatic rings. The molecular formula is C25H20Br2N2O3S. The van der Waals surface area contributed by atoms with Gasteiger partial charge in [-0.15, -0.1) is 0 Å². The molecule has 1 aliphatic rings. The highest BCUT2D eigenvalue weighted by atomic mass is 79.9. The van der Waals surface area contributed by atoms with Gasteiger partial charge >= 0.3 is 0 Å². The summed E-state index contributed by atoms with van der Waals surface area (Å²) in [6, 6.07) is 19.4. The van der Waals surface area contributed by atoms with E-state index in [1.807, 2.05) is 73.7 Å². The first-order chi connectivity index (χ1) is 15.9. The van der Waals surface area contributed by atoms with E-state index in [4.69, 9.17) is 9.47 Å². The minimum atomic E-state index is -0.176. The van der Waals surface area contributed by atoms with Gasteiger partial charge in [0.1, 0.15) is 6.61 Å². The van der Waals surface area contributed by atoms with Gasteiger partial charge in [-0.2, -0.15) is 0 Å². The van der Waals surface area contributed by atoms with Crippen molar-refractivity contribution >= 4 is 66.5 Å². The predicted octanol–water partition coefficient (Wildman–Crippen LogP) is 7.00. The SMILES string of the molecule is COc1cc(/C=C2\SC(=Nc3ccc(C)cc3)NC2=O)ccc1OCc1ccc(Br)cc1Br. The van der Waals surface area contributed by atoms with Crippen molar-refractivity contribution in [1.29, 1.82) is 0 Å². The number of hydrogen-bond donors (Lipinski definition) is 1. The molecule has 1 fully saturated rings. The Balaban J connectivity index is 1.48. The topological polar surface area (TPSA) is 59.9 Å². The molecule has 168 valence electrons. The summed E-state index contributed by atoms with van der Waals surface area (Å²) in [6.45, 7) is 2.41. The van der Waals surface area contributed by atoms with Crippen LogP contribution in [0.3, 0.4) is 0 Å². The highest BCUT2D eigenvalue weighted by Gasteiger charge is 2.24. The minimum Gasteiger partial charge on any atom is -0.493 e. The number of nitrogens with one attached hydrogen (secondary N) is 1.